The molecule has 2 aromatic rings. The van der Waals surface area contributed by atoms with Gasteiger partial charge in [0.1, 0.15) is 11.8 Å². The van der Waals surface area contributed by atoms with Gasteiger partial charge < -0.3 is 4.74 Å². The van der Waals surface area contributed by atoms with Gasteiger partial charge in [-0.1, -0.05) is 68.5 Å². The maximum absolute atomic E-state index is 12.7. The van der Waals surface area contributed by atoms with E-state index in [0.717, 1.165) is 44.1 Å². The van der Waals surface area contributed by atoms with Crippen molar-refractivity contribution in [3.8, 4) is 11.8 Å². The zero-order chi connectivity index (χ0) is 22.1. The summed E-state index contributed by atoms with van der Waals surface area (Å²) in [6.07, 6.45) is 10.8. The zero-order valence-electron chi connectivity index (χ0n) is 19.0. The summed E-state index contributed by atoms with van der Waals surface area (Å²) in [6, 6.07) is 16.6. The molecule has 0 aromatic heterocycles. The van der Waals surface area contributed by atoms with E-state index in [0.29, 0.717) is 17.2 Å². The lowest BCUT2D eigenvalue weighted by molar-refractivity contribution is -0.140. The molecule has 2 aromatic carbocycles. The van der Waals surface area contributed by atoms with Crippen molar-refractivity contribution in [2.45, 2.75) is 84.0 Å². The van der Waals surface area contributed by atoms with Crippen LogP contribution in [0.5, 0.6) is 5.75 Å². The molecule has 0 N–H and O–H groups in total. The normalized spacial score (nSPS) is 18.4. The molecule has 0 atom stereocenters. The first-order valence-corrected chi connectivity index (χ1v) is 11.9. The van der Waals surface area contributed by atoms with E-state index >= 15 is 0 Å². The monoisotopic (exact) mass is 417 g/mol. The summed E-state index contributed by atoms with van der Waals surface area (Å²) in [6.45, 7) is 4.32. The van der Waals surface area contributed by atoms with Crippen LogP contribution in [0.15, 0.2) is 42.5 Å². The lowest BCUT2D eigenvalue weighted by atomic mass is 9.78. The number of aryl methyl sites for hydroxylation is 2. The van der Waals surface area contributed by atoms with Crippen molar-refractivity contribution < 1.29 is 9.53 Å². The minimum atomic E-state index is -0.189. The molecule has 0 unspecified atom stereocenters. The van der Waals surface area contributed by atoms with Crippen LogP contribution in [-0.4, -0.2) is 5.97 Å². The largest absolute Gasteiger partial charge is 0.425 e. The Kier molecular flexibility index (Phi) is 8.71. The number of rotatable bonds is 9. The Morgan fingerprint density at radius 3 is 2.39 bits per heavy atom. The number of benzene rings is 2. The van der Waals surface area contributed by atoms with Gasteiger partial charge in [0.15, 0.2) is 0 Å². The summed E-state index contributed by atoms with van der Waals surface area (Å²) >= 11 is 0. The first-order chi connectivity index (χ1) is 15.1. The Labute approximate surface area is 187 Å². The summed E-state index contributed by atoms with van der Waals surface area (Å²) in [4.78, 5) is 12.7. The Balaban J connectivity index is 1.52. The summed E-state index contributed by atoms with van der Waals surface area (Å²) in [5, 5.41) is 9.55. The molecule has 0 heterocycles. The van der Waals surface area contributed by atoms with E-state index in [1.807, 2.05) is 12.1 Å². The minimum absolute atomic E-state index is 0.0773. The third-order valence-corrected chi connectivity index (χ3v) is 6.55. The Morgan fingerprint density at radius 2 is 1.71 bits per heavy atom. The van der Waals surface area contributed by atoms with Crippen LogP contribution in [0.4, 0.5) is 0 Å². The molecule has 1 fully saturated rings. The van der Waals surface area contributed by atoms with Gasteiger partial charge in [0.05, 0.1) is 11.5 Å². The molecule has 164 valence electrons. The number of ether oxygens (including phenoxy) is 1. The summed E-state index contributed by atoms with van der Waals surface area (Å²) < 4.78 is 5.68. The third kappa shape index (κ3) is 6.69. The fourth-order valence-electron chi connectivity index (χ4n) is 4.53. The van der Waals surface area contributed by atoms with Crippen LogP contribution in [0.25, 0.3) is 0 Å². The van der Waals surface area contributed by atoms with E-state index in [4.69, 9.17) is 4.74 Å². The predicted molar refractivity (Wildman–Crippen MR) is 125 cm³/mol. The van der Waals surface area contributed by atoms with E-state index < -0.39 is 0 Å². The average molecular weight is 418 g/mol. The van der Waals surface area contributed by atoms with Gasteiger partial charge in [-0.3, -0.25) is 4.79 Å². The predicted octanol–water partition coefficient (Wildman–Crippen LogP) is 7.26. The zero-order valence-corrected chi connectivity index (χ0v) is 19.0. The summed E-state index contributed by atoms with van der Waals surface area (Å²) in [5.74, 6) is 0.663. The van der Waals surface area contributed by atoms with E-state index in [1.165, 1.54) is 36.8 Å². The summed E-state index contributed by atoms with van der Waals surface area (Å²) in [7, 11) is 0. The highest BCUT2D eigenvalue weighted by atomic mass is 16.5. The Morgan fingerprint density at radius 1 is 1.00 bits per heavy atom. The first-order valence-electron chi connectivity index (χ1n) is 11.9. The number of carbonyl (C=O) groups excluding carboxylic acids is 1. The fourth-order valence-corrected chi connectivity index (χ4v) is 4.53. The van der Waals surface area contributed by atoms with Crippen molar-refractivity contribution in [3.63, 3.8) is 0 Å². The maximum atomic E-state index is 12.7. The molecule has 3 heteroatoms. The van der Waals surface area contributed by atoms with Crippen molar-refractivity contribution in [2.24, 2.45) is 5.92 Å². The topological polar surface area (TPSA) is 50.1 Å². The van der Waals surface area contributed by atoms with Crippen LogP contribution >= 0.6 is 0 Å². The lowest BCUT2D eigenvalue weighted by Crippen LogP contribution is -2.25. The first kappa shape index (κ1) is 23.1. The molecule has 1 aliphatic carbocycles. The van der Waals surface area contributed by atoms with Crippen LogP contribution in [0.1, 0.15) is 92.9 Å². The van der Waals surface area contributed by atoms with Gasteiger partial charge >= 0.3 is 5.97 Å². The standard InChI is InChI=1S/C28H35NO2/c1-3-4-5-6-7-8-22-11-18-27(26(19-22)20-29)31-28(30)25-16-14-24(15-17-25)23-12-9-21(2)10-13-23/h9-13,18-19,24-25H,3-8,14-17H2,1-2H3. The average Bonchev–Trinajstić information content (AvgIpc) is 2.80. The van der Waals surface area contributed by atoms with Gasteiger partial charge in [0.2, 0.25) is 0 Å². The third-order valence-electron chi connectivity index (χ3n) is 6.55. The number of unbranched alkanes of at least 4 members (excludes halogenated alkanes) is 4. The van der Waals surface area contributed by atoms with Gasteiger partial charge in [0, 0.05) is 0 Å². The molecule has 0 spiro atoms. The number of esters is 1. The molecule has 0 radical (unpaired) electrons. The molecule has 31 heavy (non-hydrogen) atoms. The molecular weight excluding hydrogens is 382 g/mol. The number of hydrogen-bond donors (Lipinski definition) is 0. The van der Waals surface area contributed by atoms with Crippen LogP contribution in [-0.2, 0) is 11.2 Å². The second kappa shape index (κ2) is 11.7. The van der Waals surface area contributed by atoms with Crippen LogP contribution in [0.3, 0.4) is 0 Å². The number of nitrogens with zero attached hydrogens (tertiary/aromatic N) is 1. The number of nitriles is 1. The van der Waals surface area contributed by atoms with E-state index in [1.54, 1.807) is 6.07 Å². The second-order valence-corrected chi connectivity index (χ2v) is 8.99. The van der Waals surface area contributed by atoms with Gasteiger partial charge in [-0.2, -0.15) is 5.26 Å². The number of hydrogen-bond acceptors (Lipinski definition) is 3. The number of carbonyl (C=O) groups is 1. The summed E-state index contributed by atoms with van der Waals surface area (Å²) in [5.41, 5.74) is 4.26. The molecule has 3 nitrogen and oxygen atoms in total. The molecule has 0 aliphatic heterocycles. The highest BCUT2D eigenvalue weighted by Gasteiger charge is 2.29. The van der Waals surface area contributed by atoms with Gasteiger partial charge in [0.25, 0.3) is 0 Å². The molecule has 0 bridgehead atoms. The maximum Gasteiger partial charge on any atom is 0.314 e. The van der Waals surface area contributed by atoms with E-state index in [-0.39, 0.29) is 11.9 Å². The van der Waals surface area contributed by atoms with Crippen LogP contribution < -0.4 is 4.74 Å². The minimum Gasteiger partial charge on any atom is -0.425 e. The Hall–Kier alpha value is -2.60. The highest BCUT2D eigenvalue weighted by Crippen LogP contribution is 2.36. The smallest absolute Gasteiger partial charge is 0.314 e. The quantitative estimate of drug-likeness (QED) is 0.245. The SMILES string of the molecule is CCCCCCCc1ccc(OC(=O)C2CCC(c3ccc(C)cc3)CC2)c(C#N)c1. The van der Waals surface area contributed by atoms with E-state index in [9.17, 15) is 10.1 Å². The van der Waals surface area contributed by atoms with Crippen molar-refractivity contribution in [1.29, 1.82) is 5.26 Å². The van der Waals surface area contributed by atoms with Gasteiger partial charge in [-0.05, 0) is 74.6 Å². The molecule has 3 rings (SSSR count). The second-order valence-electron chi connectivity index (χ2n) is 8.99. The van der Waals surface area contributed by atoms with Crippen molar-refractivity contribution in [2.75, 3.05) is 0 Å². The lowest BCUT2D eigenvalue weighted by Gasteiger charge is -2.27. The Bertz CT molecular complexity index is 886. The molecule has 1 saturated carbocycles. The van der Waals surface area contributed by atoms with Crippen molar-refractivity contribution in [1.82, 2.24) is 0 Å². The van der Waals surface area contributed by atoms with Crippen molar-refractivity contribution in [3.05, 3.63) is 64.7 Å². The van der Waals surface area contributed by atoms with Gasteiger partial charge in [-0.25, -0.2) is 0 Å². The fraction of sp³-hybridized carbons (Fsp3) is 0.500. The van der Waals surface area contributed by atoms with Crippen molar-refractivity contribution >= 4 is 5.97 Å². The molecule has 1 aliphatic rings. The highest BCUT2D eigenvalue weighted by molar-refractivity contribution is 5.76. The van der Waals surface area contributed by atoms with Crippen LogP contribution in [0.2, 0.25) is 0 Å². The molecule has 0 saturated heterocycles. The molecular formula is C28H35NO2. The van der Waals surface area contributed by atoms with Gasteiger partial charge in [-0.15, -0.1) is 0 Å². The molecule has 0 amide bonds. The van der Waals surface area contributed by atoms with Crippen LogP contribution in [0, 0.1) is 24.2 Å². The van der Waals surface area contributed by atoms with E-state index in [2.05, 4.69) is 44.2 Å².